The third-order valence-electron chi connectivity index (χ3n) is 3.33. The number of ether oxygens (including phenoxy) is 2. The van der Waals surface area contributed by atoms with Crippen LogP contribution < -0.4 is 0 Å². The topological polar surface area (TPSA) is 90.0 Å². The first kappa shape index (κ1) is 17.9. The molecule has 1 rings (SSSR count). The maximum absolute atomic E-state index is 12.2. The van der Waals surface area contributed by atoms with Gasteiger partial charge in [-0.1, -0.05) is 0 Å². The minimum Gasteiger partial charge on any atom is -0.466 e. The van der Waals surface area contributed by atoms with E-state index in [1.165, 1.54) is 12.0 Å². The van der Waals surface area contributed by atoms with Gasteiger partial charge in [0.2, 0.25) is 5.78 Å². The minimum atomic E-state index is -1.12. The molecule has 1 aliphatic heterocycles. The summed E-state index contributed by atoms with van der Waals surface area (Å²) in [6, 6.07) is 0. The lowest BCUT2D eigenvalue weighted by Gasteiger charge is -2.24. The molecule has 0 N–H and O–H groups in total. The molecule has 1 fully saturated rings. The van der Waals surface area contributed by atoms with Crippen LogP contribution >= 0.6 is 0 Å². The molecule has 122 valence electrons. The summed E-state index contributed by atoms with van der Waals surface area (Å²) in [7, 11) is 1.18. The van der Waals surface area contributed by atoms with Crippen molar-refractivity contribution in [1.82, 2.24) is 4.90 Å². The van der Waals surface area contributed by atoms with E-state index in [1.54, 1.807) is 13.8 Å². The zero-order valence-electron chi connectivity index (χ0n) is 13.1. The second kappa shape index (κ2) is 7.72. The molecular formula is C15H21NO6. The SMILES string of the molecule is COC(=O)/C=C/C(=O)OCC(C)(C)C(=O)C(=O)N1CCCC1. The Kier molecular flexibility index (Phi) is 6.27. The van der Waals surface area contributed by atoms with E-state index in [-0.39, 0.29) is 6.61 Å². The summed E-state index contributed by atoms with van der Waals surface area (Å²) in [5.41, 5.74) is -1.12. The fourth-order valence-electron chi connectivity index (χ4n) is 1.92. The molecule has 0 aromatic rings. The second-order valence-electron chi connectivity index (χ2n) is 5.68. The van der Waals surface area contributed by atoms with Crippen molar-refractivity contribution in [2.24, 2.45) is 5.41 Å². The lowest BCUT2D eigenvalue weighted by molar-refractivity contribution is -0.153. The van der Waals surface area contributed by atoms with Gasteiger partial charge in [-0.3, -0.25) is 9.59 Å². The molecule has 7 nitrogen and oxygen atoms in total. The summed E-state index contributed by atoms with van der Waals surface area (Å²) in [5.74, 6) is -2.58. The Morgan fingerprint density at radius 1 is 1.05 bits per heavy atom. The van der Waals surface area contributed by atoms with Gasteiger partial charge in [0.1, 0.15) is 6.61 Å². The van der Waals surface area contributed by atoms with Crippen LogP contribution in [-0.4, -0.2) is 55.3 Å². The summed E-state index contributed by atoms with van der Waals surface area (Å²) >= 11 is 0. The molecule has 1 aliphatic rings. The Labute approximate surface area is 129 Å². The number of esters is 2. The van der Waals surface area contributed by atoms with Crippen LogP contribution in [0.25, 0.3) is 0 Å². The fourth-order valence-corrected chi connectivity index (χ4v) is 1.92. The number of Topliss-reactive ketones (excluding diaryl/α,β-unsaturated/α-hetero) is 1. The number of hydrogen-bond donors (Lipinski definition) is 0. The van der Waals surface area contributed by atoms with Gasteiger partial charge < -0.3 is 14.4 Å². The van der Waals surface area contributed by atoms with Gasteiger partial charge in [0, 0.05) is 25.2 Å². The van der Waals surface area contributed by atoms with Crippen LogP contribution in [0.4, 0.5) is 0 Å². The highest BCUT2D eigenvalue weighted by Crippen LogP contribution is 2.20. The zero-order chi connectivity index (χ0) is 16.8. The van der Waals surface area contributed by atoms with E-state index in [2.05, 4.69) is 4.74 Å². The lowest BCUT2D eigenvalue weighted by atomic mass is 9.88. The first-order valence-electron chi connectivity index (χ1n) is 7.04. The van der Waals surface area contributed by atoms with Crippen LogP contribution in [0.3, 0.4) is 0 Å². The standard InChI is InChI=1S/C15H21NO6/c1-15(2,10-22-12(18)7-6-11(17)21-3)13(19)14(20)16-8-4-5-9-16/h6-7H,4-5,8-10H2,1-3H3/b7-6+. The van der Waals surface area contributed by atoms with Gasteiger partial charge in [0.25, 0.3) is 5.91 Å². The number of nitrogens with zero attached hydrogens (tertiary/aromatic N) is 1. The molecule has 0 bridgehead atoms. The van der Waals surface area contributed by atoms with E-state index in [0.717, 1.165) is 25.0 Å². The number of amides is 1. The van der Waals surface area contributed by atoms with Crippen LogP contribution in [0.2, 0.25) is 0 Å². The first-order chi connectivity index (χ1) is 10.3. The van der Waals surface area contributed by atoms with E-state index in [9.17, 15) is 19.2 Å². The van der Waals surface area contributed by atoms with E-state index in [1.807, 2.05) is 0 Å². The average molecular weight is 311 g/mol. The molecule has 7 heteroatoms. The second-order valence-corrected chi connectivity index (χ2v) is 5.68. The van der Waals surface area contributed by atoms with Gasteiger partial charge >= 0.3 is 11.9 Å². The Hall–Kier alpha value is -2.18. The van der Waals surface area contributed by atoms with E-state index in [4.69, 9.17) is 4.74 Å². The third-order valence-corrected chi connectivity index (χ3v) is 3.33. The third kappa shape index (κ3) is 4.98. The summed E-state index contributed by atoms with van der Waals surface area (Å²) in [6.45, 7) is 4.02. The summed E-state index contributed by atoms with van der Waals surface area (Å²) in [4.78, 5) is 48.0. The van der Waals surface area contributed by atoms with Crippen molar-refractivity contribution >= 4 is 23.6 Å². The highest BCUT2D eigenvalue weighted by Gasteiger charge is 2.37. The smallest absolute Gasteiger partial charge is 0.331 e. The Morgan fingerprint density at radius 3 is 2.14 bits per heavy atom. The van der Waals surface area contributed by atoms with Gasteiger partial charge in [-0.15, -0.1) is 0 Å². The van der Waals surface area contributed by atoms with Crippen molar-refractivity contribution in [2.45, 2.75) is 26.7 Å². The van der Waals surface area contributed by atoms with E-state index in [0.29, 0.717) is 13.1 Å². The molecule has 0 aromatic heterocycles. The van der Waals surface area contributed by atoms with Crippen molar-refractivity contribution in [3.05, 3.63) is 12.2 Å². The molecule has 1 amide bonds. The number of carbonyl (C=O) groups is 4. The van der Waals surface area contributed by atoms with Gasteiger partial charge in [-0.25, -0.2) is 9.59 Å². The molecule has 1 saturated heterocycles. The monoisotopic (exact) mass is 311 g/mol. The molecule has 1 heterocycles. The van der Waals surface area contributed by atoms with Crippen molar-refractivity contribution in [3.8, 4) is 0 Å². The molecule has 0 aromatic carbocycles. The predicted molar refractivity (Wildman–Crippen MR) is 76.7 cm³/mol. The van der Waals surface area contributed by atoms with Crippen LogP contribution in [0.15, 0.2) is 12.2 Å². The van der Waals surface area contributed by atoms with Gasteiger partial charge in [0.15, 0.2) is 0 Å². The van der Waals surface area contributed by atoms with E-state index >= 15 is 0 Å². The van der Waals surface area contributed by atoms with Crippen molar-refractivity contribution in [1.29, 1.82) is 0 Å². The van der Waals surface area contributed by atoms with Gasteiger partial charge in [0.05, 0.1) is 12.5 Å². The maximum Gasteiger partial charge on any atom is 0.331 e. The number of likely N-dealkylation sites (tertiary alicyclic amines) is 1. The molecule has 0 aliphatic carbocycles. The van der Waals surface area contributed by atoms with Crippen molar-refractivity contribution < 1.29 is 28.7 Å². The Bertz CT molecular complexity index is 488. The molecule has 0 radical (unpaired) electrons. The number of ketones is 1. The molecule has 0 unspecified atom stereocenters. The Balaban J connectivity index is 2.53. The molecule has 0 spiro atoms. The molecular weight excluding hydrogens is 290 g/mol. The van der Waals surface area contributed by atoms with Crippen LogP contribution in [0.1, 0.15) is 26.7 Å². The normalized spacial score (nSPS) is 15.0. The van der Waals surface area contributed by atoms with Crippen LogP contribution in [-0.2, 0) is 28.7 Å². The first-order valence-corrected chi connectivity index (χ1v) is 7.04. The maximum atomic E-state index is 12.2. The number of methoxy groups -OCH3 is 1. The molecule has 0 atom stereocenters. The lowest BCUT2D eigenvalue weighted by Crippen LogP contribution is -2.43. The van der Waals surface area contributed by atoms with Gasteiger partial charge in [-0.2, -0.15) is 0 Å². The predicted octanol–water partition coefficient (Wildman–Crippen LogP) is 0.476. The summed E-state index contributed by atoms with van der Waals surface area (Å²) in [6.07, 6.45) is 3.63. The number of carbonyl (C=O) groups excluding carboxylic acids is 4. The Morgan fingerprint density at radius 2 is 1.59 bits per heavy atom. The highest BCUT2D eigenvalue weighted by atomic mass is 16.5. The average Bonchev–Trinajstić information content (AvgIpc) is 3.03. The van der Waals surface area contributed by atoms with Crippen molar-refractivity contribution in [3.63, 3.8) is 0 Å². The van der Waals surface area contributed by atoms with Gasteiger partial charge in [-0.05, 0) is 26.7 Å². The quantitative estimate of drug-likeness (QED) is 0.402. The highest BCUT2D eigenvalue weighted by molar-refractivity contribution is 6.38. The largest absolute Gasteiger partial charge is 0.466 e. The summed E-state index contributed by atoms with van der Waals surface area (Å²) in [5, 5.41) is 0. The molecule has 0 saturated carbocycles. The zero-order valence-corrected chi connectivity index (χ0v) is 13.1. The van der Waals surface area contributed by atoms with E-state index < -0.39 is 29.0 Å². The number of hydrogen-bond acceptors (Lipinski definition) is 6. The molecule has 22 heavy (non-hydrogen) atoms. The van der Waals surface area contributed by atoms with Crippen molar-refractivity contribution in [2.75, 3.05) is 26.8 Å². The van der Waals surface area contributed by atoms with Crippen LogP contribution in [0, 0.1) is 5.41 Å². The minimum absolute atomic E-state index is 0.240. The fraction of sp³-hybridized carbons (Fsp3) is 0.600. The summed E-state index contributed by atoms with van der Waals surface area (Å²) < 4.78 is 9.25. The van der Waals surface area contributed by atoms with Crippen LogP contribution in [0.5, 0.6) is 0 Å². The number of rotatable bonds is 6.